The highest BCUT2D eigenvalue weighted by atomic mass is 32.1. The molecular weight excluding hydrogens is 336 g/mol. The van der Waals surface area contributed by atoms with E-state index in [1.807, 2.05) is 31.2 Å². The molecule has 2 aromatic carbocycles. The van der Waals surface area contributed by atoms with Gasteiger partial charge in [0.2, 0.25) is 5.91 Å². The Balaban J connectivity index is 1.71. The Morgan fingerprint density at radius 1 is 1.16 bits per heavy atom. The van der Waals surface area contributed by atoms with E-state index in [0.29, 0.717) is 5.13 Å². The molecule has 0 radical (unpaired) electrons. The minimum Gasteiger partial charge on any atom is -0.508 e. The lowest BCUT2D eigenvalue weighted by molar-refractivity contribution is -0.115. The van der Waals surface area contributed by atoms with Crippen LogP contribution in [-0.4, -0.2) is 23.1 Å². The van der Waals surface area contributed by atoms with Crippen molar-refractivity contribution in [1.29, 1.82) is 0 Å². The number of rotatable bonds is 5. The van der Waals surface area contributed by atoms with Gasteiger partial charge in [0, 0.05) is 10.4 Å². The standard InChI is InChI=1S/C19H18N2O3S/c1-12-18(14-5-9-16(24-2)10-6-14)21-19(25-12)20-17(23)11-13-3-7-15(22)8-4-13/h3-10,22H,11H2,1-2H3,(H,20,21,23). The quantitative estimate of drug-likeness (QED) is 0.726. The van der Waals surface area contributed by atoms with E-state index in [1.54, 1.807) is 31.4 Å². The first-order valence-electron chi connectivity index (χ1n) is 7.75. The summed E-state index contributed by atoms with van der Waals surface area (Å²) >= 11 is 1.45. The van der Waals surface area contributed by atoms with E-state index in [2.05, 4.69) is 10.3 Å². The van der Waals surface area contributed by atoms with Crippen LogP contribution in [0.1, 0.15) is 10.4 Å². The minimum atomic E-state index is -0.138. The molecule has 3 aromatic rings. The number of benzene rings is 2. The highest BCUT2D eigenvalue weighted by molar-refractivity contribution is 7.16. The number of aromatic hydroxyl groups is 1. The van der Waals surface area contributed by atoms with Gasteiger partial charge >= 0.3 is 0 Å². The van der Waals surface area contributed by atoms with Crippen molar-refractivity contribution in [2.75, 3.05) is 12.4 Å². The van der Waals surface area contributed by atoms with Crippen molar-refractivity contribution in [1.82, 2.24) is 4.98 Å². The van der Waals surface area contributed by atoms with Crippen LogP contribution in [0.25, 0.3) is 11.3 Å². The first-order chi connectivity index (χ1) is 12.0. The van der Waals surface area contributed by atoms with Crippen LogP contribution in [0, 0.1) is 6.92 Å². The maximum absolute atomic E-state index is 12.2. The Bertz CT molecular complexity index is 871. The third-order valence-electron chi connectivity index (χ3n) is 3.71. The third kappa shape index (κ3) is 4.16. The summed E-state index contributed by atoms with van der Waals surface area (Å²) in [7, 11) is 1.63. The van der Waals surface area contributed by atoms with E-state index >= 15 is 0 Å². The maximum Gasteiger partial charge on any atom is 0.230 e. The van der Waals surface area contributed by atoms with Crippen LogP contribution in [0.3, 0.4) is 0 Å². The SMILES string of the molecule is COc1ccc(-c2nc(NC(=O)Cc3ccc(O)cc3)sc2C)cc1. The lowest BCUT2D eigenvalue weighted by atomic mass is 10.1. The first-order valence-corrected chi connectivity index (χ1v) is 8.56. The summed E-state index contributed by atoms with van der Waals surface area (Å²) in [6.07, 6.45) is 0.233. The average Bonchev–Trinajstić information content (AvgIpc) is 2.97. The molecule has 0 aliphatic carbocycles. The molecule has 5 nitrogen and oxygen atoms in total. The fourth-order valence-electron chi connectivity index (χ4n) is 2.43. The molecule has 0 spiro atoms. The predicted molar refractivity (Wildman–Crippen MR) is 99.3 cm³/mol. The van der Waals surface area contributed by atoms with Gasteiger partial charge in [0.25, 0.3) is 0 Å². The predicted octanol–water partition coefficient (Wildman–Crippen LogP) is 4.01. The highest BCUT2D eigenvalue weighted by Gasteiger charge is 2.12. The molecule has 0 aliphatic heterocycles. The number of aryl methyl sites for hydroxylation is 1. The zero-order valence-electron chi connectivity index (χ0n) is 13.9. The second-order valence-electron chi connectivity index (χ2n) is 5.54. The molecule has 1 heterocycles. The van der Waals surface area contributed by atoms with Crippen molar-refractivity contribution in [2.45, 2.75) is 13.3 Å². The number of ether oxygens (including phenoxy) is 1. The summed E-state index contributed by atoms with van der Waals surface area (Å²) in [6.45, 7) is 1.98. The Labute approximate surface area is 149 Å². The Hall–Kier alpha value is -2.86. The van der Waals surface area contributed by atoms with Crippen molar-refractivity contribution >= 4 is 22.4 Å². The van der Waals surface area contributed by atoms with Gasteiger partial charge in [-0.1, -0.05) is 12.1 Å². The molecule has 3 rings (SSSR count). The van der Waals surface area contributed by atoms with Crippen molar-refractivity contribution in [3.05, 3.63) is 59.0 Å². The number of phenols is 1. The number of thiazole rings is 1. The van der Waals surface area contributed by atoms with E-state index in [-0.39, 0.29) is 18.1 Å². The van der Waals surface area contributed by atoms with Gasteiger partial charge in [0.05, 0.1) is 19.2 Å². The molecular formula is C19H18N2O3S. The second-order valence-corrected chi connectivity index (χ2v) is 6.75. The van der Waals surface area contributed by atoms with Crippen LogP contribution in [0.4, 0.5) is 5.13 Å². The first kappa shape index (κ1) is 17.0. The van der Waals surface area contributed by atoms with E-state index in [4.69, 9.17) is 4.74 Å². The minimum absolute atomic E-state index is 0.138. The molecule has 0 unspecified atom stereocenters. The summed E-state index contributed by atoms with van der Waals surface area (Å²) in [5.41, 5.74) is 2.67. The molecule has 1 aromatic heterocycles. The van der Waals surface area contributed by atoms with E-state index in [9.17, 15) is 9.90 Å². The molecule has 0 aliphatic rings. The number of carbonyl (C=O) groups is 1. The van der Waals surface area contributed by atoms with Crippen LogP contribution < -0.4 is 10.1 Å². The molecule has 0 saturated carbocycles. The second kappa shape index (κ2) is 7.36. The number of anilines is 1. The molecule has 0 fully saturated rings. The van der Waals surface area contributed by atoms with Crippen LogP contribution >= 0.6 is 11.3 Å². The molecule has 25 heavy (non-hydrogen) atoms. The number of phenolic OH excluding ortho intramolecular Hbond substituents is 1. The normalized spacial score (nSPS) is 10.5. The van der Waals surface area contributed by atoms with Crippen molar-refractivity contribution in [2.24, 2.45) is 0 Å². The highest BCUT2D eigenvalue weighted by Crippen LogP contribution is 2.31. The largest absolute Gasteiger partial charge is 0.508 e. The molecule has 0 atom stereocenters. The van der Waals surface area contributed by atoms with Gasteiger partial charge in [-0.05, 0) is 48.9 Å². The monoisotopic (exact) mass is 354 g/mol. The van der Waals surface area contributed by atoms with Crippen LogP contribution in [0.5, 0.6) is 11.5 Å². The van der Waals surface area contributed by atoms with Gasteiger partial charge in [-0.3, -0.25) is 4.79 Å². The molecule has 1 amide bonds. The van der Waals surface area contributed by atoms with Gasteiger partial charge < -0.3 is 15.2 Å². The van der Waals surface area contributed by atoms with Gasteiger partial charge in [0.15, 0.2) is 5.13 Å². The number of carbonyl (C=O) groups excluding carboxylic acids is 1. The van der Waals surface area contributed by atoms with Crippen LogP contribution in [0.2, 0.25) is 0 Å². The number of nitrogens with one attached hydrogen (secondary N) is 1. The van der Waals surface area contributed by atoms with Gasteiger partial charge in [-0.25, -0.2) is 4.98 Å². The smallest absolute Gasteiger partial charge is 0.230 e. The van der Waals surface area contributed by atoms with Crippen LogP contribution in [0.15, 0.2) is 48.5 Å². The number of aromatic nitrogens is 1. The molecule has 0 saturated heterocycles. The topological polar surface area (TPSA) is 71.5 Å². The van der Waals surface area contributed by atoms with E-state index in [1.165, 1.54) is 11.3 Å². The Morgan fingerprint density at radius 3 is 2.48 bits per heavy atom. The summed E-state index contributed by atoms with van der Waals surface area (Å²) in [5.74, 6) is 0.837. The fourth-order valence-corrected chi connectivity index (χ4v) is 3.28. The lowest BCUT2D eigenvalue weighted by Crippen LogP contribution is -2.14. The summed E-state index contributed by atoms with van der Waals surface area (Å²) < 4.78 is 5.17. The number of amides is 1. The molecule has 0 bridgehead atoms. The maximum atomic E-state index is 12.2. The number of nitrogens with zero attached hydrogens (tertiary/aromatic N) is 1. The van der Waals surface area contributed by atoms with Crippen molar-refractivity contribution in [3.63, 3.8) is 0 Å². The van der Waals surface area contributed by atoms with Crippen LogP contribution in [-0.2, 0) is 11.2 Å². The Kier molecular flexibility index (Phi) is 5.00. The average molecular weight is 354 g/mol. The Morgan fingerprint density at radius 2 is 1.84 bits per heavy atom. The summed E-state index contributed by atoms with van der Waals surface area (Å²) in [5, 5.41) is 12.7. The zero-order valence-corrected chi connectivity index (χ0v) is 14.8. The lowest BCUT2D eigenvalue weighted by Gasteiger charge is -2.03. The molecule has 2 N–H and O–H groups in total. The number of hydrogen-bond acceptors (Lipinski definition) is 5. The van der Waals surface area contributed by atoms with Crippen molar-refractivity contribution < 1.29 is 14.6 Å². The van der Waals surface area contributed by atoms with Gasteiger partial charge in [0.1, 0.15) is 11.5 Å². The zero-order chi connectivity index (χ0) is 17.8. The third-order valence-corrected chi connectivity index (χ3v) is 4.59. The summed E-state index contributed by atoms with van der Waals surface area (Å²) in [4.78, 5) is 17.8. The summed E-state index contributed by atoms with van der Waals surface area (Å²) in [6, 6.07) is 14.3. The van der Waals surface area contributed by atoms with Gasteiger partial charge in [-0.2, -0.15) is 0 Å². The molecule has 6 heteroatoms. The number of methoxy groups -OCH3 is 1. The van der Waals surface area contributed by atoms with E-state index in [0.717, 1.165) is 27.4 Å². The number of hydrogen-bond donors (Lipinski definition) is 2. The van der Waals surface area contributed by atoms with E-state index < -0.39 is 0 Å². The fraction of sp³-hybridized carbons (Fsp3) is 0.158. The molecule has 128 valence electrons. The van der Waals surface area contributed by atoms with Crippen molar-refractivity contribution in [3.8, 4) is 22.8 Å². The van der Waals surface area contributed by atoms with Gasteiger partial charge in [-0.15, -0.1) is 11.3 Å².